The third kappa shape index (κ3) is 2.99. The van der Waals surface area contributed by atoms with Gasteiger partial charge in [-0.25, -0.2) is 0 Å². The number of piperazine rings is 1. The van der Waals surface area contributed by atoms with Gasteiger partial charge in [-0.15, -0.1) is 0 Å². The molecule has 0 unspecified atom stereocenters. The number of ether oxygens (including phenoxy) is 1. The summed E-state index contributed by atoms with van der Waals surface area (Å²) in [5, 5.41) is 8.22. The number of methoxy groups -OCH3 is 1. The van der Waals surface area contributed by atoms with Crippen molar-refractivity contribution in [2.24, 2.45) is 0 Å². The predicted molar refractivity (Wildman–Crippen MR) is 80.1 cm³/mol. The largest absolute Gasteiger partial charge is 0.383 e. The van der Waals surface area contributed by atoms with E-state index >= 15 is 0 Å². The molecule has 1 aliphatic heterocycles. The van der Waals surface area contributed by atoms with E-state index in [1.54, 1.807) is 7.11 Å². The quantitative estimate of drug-likeness (QED) is 0.909. The van der Waals surface area contributed by atoms with Gasteiger partial charge in [0.15, 0.2) is 0 Å². The topological polar surface area (TPSA) is 42.3 Å². The van der Waals surface area contributed by atoms with Gasteiger partial charge in [0.1, 0.15) is 0 Å². The predicted octanol–water partition coefficient (Wildman–Crippen LogP) is 1.64. The van der Waals surface area contributed by atoms with Gasteiger partial charge >= 0.3 is 0 Å². The lowest BCUT2D eigenvalue weighted by Crippen LogP contribution is -2.61. The first kappa shape index (κ1) is 13.9. The van der Waals surface area contributed by atoms with Gasteiger partial charge in [0.2, 0.25) is 0 Å². The number of rotatable bonds is 4. The molecule has 5 heteroatoms. The first-order chi connectivity index (χ1) is 9.81. The normalized spacial score (nSPS) is 22.4. The second kappa shape index (κ2) is 6.14. The van der Waals surface area contributed by atoms with E-state index in [2.05, 4.69) is 21.5 Å². The van der Waals surface area contributed by atoms with Gasteiger partial charge in [-0.1, -0.05) is 19.3 Å². The van der Waals surface area contributed by atoms with Crippen molar-refractivity contribution >= 4 is 5.69 Å². The van der Waals surface area contributed by atoms with Crippen LogP contribution in [0.3, 0.4) is 0 Å². The average molecular weight is 278 g/mol. The number of nitrogens with one attached hydrogen (secondary N) is 1. The van der Waals surface area contributed by atoms with Crippen LogP contribution in [0.1, 0.15) is 32.1 Å². The van der Waals surface area contributed by atoms with Crippen molar-refractivity contribution in [2.45, 2.75) is 44.2 Å². The summed E-state index contributed by atoms with van der Waals surface area (Å²) in [7, 11) is 1.73. The number of nitrogens with zero attached hydrogens (tertiary/aromatic N) is 3. The third-order valence-corrected chi connectivity index (χ3v) is 4.70. The summed E-state index contributed by atoms with van der Waals surface area (Å²) in [6.45, 7) is 4.84. The monoisotopic (exact) mass is 278 g/mol. The zero-order chi connectivity index (χ0) is 13.8. The zero-order valence-corrected chi connectivity index (χ0v) is 12.5. The van der Waals surface area contributed by atoms with Gasteiger partial charge in [-0.3, -0.25) is 4.68 Å². The molecule has 3 rings (SSSR count). The van der Waals surface area contributed by atoms with Crippen molar-refractivity contribution in [1.29, 1.82) is 0 Å². The van der Waals surface area contributed by atoms with E-state index in [9.17, 15) is 0 Å². The van der Waals surface area contributed by atoms with E-state index in [0.717, 1.165) is 26.2 Å². The minimum atomic E-state index is 0.352. The molecule has 2 heterocycles. The molecule has 1 saturated heterocycles. The molecule has 5 nitrogen and oxygen atoms in total. The highest BCUT2D eigenvalue weighted by atomic mass is 16.5. The Morgan fingerprint density at radius 1 is 1.35 bits per heavy atom. The maximum absolute atomic E-state index is 5.11. The van der Waals surface area contributed by atoms with Crippen LogP contribution in [-0.2, 0) is 11.3 Å². The molecule has 1 aliphatic carbocycles. The number of aromatic nitrogens is 2. The van der Waals surface area contributed by atoms with Crippen LogP contribution in [0.15, 0.2) is 12.4 Å². The number of anilines is 1. The van der Waals surface area contributed by atoms with Gasteiger partial charge in [-0.05, 0) is 12.8 Å². The van der Waals surface area contributed by atoms with Crippen LogP contribution in [0.25, 0.3) is 0 Å². The molecule has 1 spiro atoms. The maximum Gasteiger partial charge on any atom is 0.0753 e. The lowest BCUT2D eigenvalue weighted by Gasteiger charge is -2.46. The molecule has 0 bridgehead atoms. The first-order valence-corrected chi connectivity index (χ1v) is 7.83. The summed E-state index contributed by atoms with van der Waals surface area (Å²) in [5.74, 6) is 0. The Labute approximate surface area is 121 Å². The van der Waals surface area contributed by atoms with Crippen LogP contribution in [0.4, 0.5) is 5.69 Å². The van der Waals surface area contributed by atoms with Crippen molar-refractivity contribution in [1.82, 2.24) is 15.1 Å². The molecule has 20 heavy (non-hydrogen) atoms. The van der Waals surface area contributed by atoms with Crippen LogP contribution in [0, 0.1) is 0 Å². The molecule has 0 atom stereocenters. The number of hydrogen-bond donors (Lipinski definition) is 1. The van der Waals surface area contributed by atoms with Crippen LogP contribution in [-0.4, -0.2) is 48.7 Å². The Balaban J connectivity index is 1.65. The Morgan fingerprint density at radius 2 is 2.20 bits per heavy atom. The molecular weight excluding hydrogens is 252 g/mol. The van der Waals surface area contributed by atoms with Gasteiger partial charge in [-0.2, -0.15) is 5.10 Å². The van der Waals surface area contributed by atoms with Crippen molar-refractivity contribution < 1.29 is 4.74 Å². The van der Waals surface area contributed by atoms with E-state index < -0.39 is 0 Å². The molecule has 2 fully saturated rings. The summed E-state index contributed by atoms with van der Waals surface area (Å²) < 4.78 is 7.09. The summed E-state index contributed by atoms with van der Waals surface area (Å²) in [6.07, 6.45) is 10.9. The fourth-order valence-corrected chi connectivity index (χ4v) is 3.56. The minimum Gasteiger partial charge on any atom is -0.383 e. The molecule has 0 aromatic carbocycles. The highest BCUT2D eigenvalue weighted by Crippen LogP contribution is 2.32. The van der Waals surface area contributed by atoms with E-state index in [-0.39, 0.29) is 0 Å². The molecule has 1 saturated carbocycles. The van der Waals surface area contributed by atoms with Crippen molar-refractivity contribution in [3.63, 3.8) is 0 Å². The molecule has 1 N–H and O–H groups in total. The summed E-state index contributed by atoms with van der Waals surface area (Å²) in [5.41, 5.74) is 1.61. The van der Waals surface area contributed by atoms with Gasteiger partial charge < -0.3 is 15.0 Å². The minimum absolute atomic E-state index is 0.352. The fourth-order valence-electron chi connectivity index (χ4n) is 3.56. The SMILES string of the molecule is COCCn1cc(N2CCNC3(CCCCC3)C2)cn1. The highest BCUT2D eigenvalue weighted by molar-refractivity contribution is 5.44. The highest BCUT2D eigenvalue weighted by Gasteiger charge is 2.36. The van der Waals surface area contributed by atoms with E-state index in [1.165, 1.54) is 37.8 Å². The molecular formula is C15H26N4O. The Bertz CT molecular complexity index is 420. The molecule has 1 aromatic rings. The van der Waals surface area contributed by atoms with Crippen molar-refractivity contribution in [2.75, 3.05) is 38.3 Å². The van der Waals surface area contributed by atoms with Crippen molar-refractivity contribution in [3.05, 3.63) is 12.4 Å². The Hall–Kier alpha value is -1.07. The molecule has 112 valence electrons. The van der Waals surface area contributed by atoms with Crippen LogP contribution >= 0.6 is 0 Å². The summed E-state index contributed by atoms with van der Waals surface area (Å²) in [4.78, 5) is 2.50. The Morgan fingerprint density at radius 3 is 3.00 bits per heavy atom. The zero-order valence-electron chi connectivity index (χ0n) is 12.5. The summed E-state index contributed by atoms with van der Waals surface area (Å²) in [6, 6.07) is 0. The van der Waals surface area contributed by atoms with E-state index in [4.69, 9.17) is 4.74 Å². The van der Waals surface area contributed by atoms with E-state index in [0.29, 0.717) is 12.1 Å². The standard InChI is InChI=1S/C15H26N4O/c1-20-10-9-19-12-14(11-17-19)18-8-7-16-15(13-18)5-3-2-4-6-15/h11-12,16H,2-10,13H2,1H3. The summed E-state index contributed by atoms with van der Waals surface area (Å²) >= 11 is 0. The van der Waals surface area contributed by atoms with Gasteiger partial charge in [0.25, 0.3) is 0 Å². The average Bonchev–Trinajstić information content (AvgIpc) is 2.95. The lowest BCUT2D eigenvalue weighted by atomic mass is 9.80. The maximum atomic E-state index is 5.11. The molecule has 1 aromatic heterocycles. The van der Waals surface area contributed by atoms with E-state index in [1.807, 2.05) is 10.9 Å². The van der Waals surface area contributed by atoms with Crippen LogP contribution < -0.4 is 10.2 Å². The second-order valence-corrected chi connectivity index (χ2v) is 6.14. The van der Waals surface area contributed by atoms with Crippen LogP contribution in [0.5, 0.6) is 0 Å². The van der Waals surface area contributed by atoms with Crippen LogP contribution in [0.2, 0.25) is 0 Å². The molecule has 2 aliphatic rings. The fraction of sp³-hybridized carbons (Fsp3) is 0.800. The van der Waals surface area contributed by atoms with Crippen molar-refractivity contribution in [3.8, 4) is 0 Å². The lowest BCUT2D eigenvalue weighted by molar-refractivity contribution is 0.183. The van der Waals surface area contributed by atoms with Gasteiger partial charge in [0.05, 0.1) is 25.0 Å². The smallest absolute Gasteiger partial charge is 0.0753 e. The molecule has 0 radical (unpaired) electrons. The second-order valence-electron chi connectivity index (χ2n) is 6.14. The first-order valence-electron chi connectivity index (χ1n) is 7.83. The third-order valence-electron chi connectivity index (χ3n) is 4.70. The Kier molecular flexibility index (Phi) is 4.27. The van der Waals surface area contributed by atoms with Gasteiger partial charge in [0, 0.05) is 38.5 Å². The number of hydrogen-bond acceptors (Lipinski definition) is 4. The molecule has 0 amide bonds.